The fraction of sp³-hybridized carbons (Fsp3) is 0.312. The standard InChI is InChI=1S/C16H21N5O3/c1-24-12-5-6-14-13(8-12)11(9-19-14)10-20-21-16(17)18-7-3-2-4-15(22)23/h5-6,8-10,19H,2-4,7H2,1H3,(H,22,23)(H3,17,18,21). The number of nitrogens with one attached hydrogen (secondary N) is 2. The van der Waals surface area contributed by atoms with Gasteiger partial charge >= 0.3 is 5.97 Å². The van der Waals surface area contributed by atoms with Crippen LogP contribution in [0.2, 0.25) is 0 Å². The first-order chi connectivity index (χ1) is 11.6. The second kappa shape index (κ2) is 8.56. The molecule has 8 nitrogen and oxygen atoms in total. The summed E-state index contributed by atoms with van der Waals surface area (Å²) in [6, 6.07) is 5.74. The number of benzene rings is 1. The number of carboxylic acid groups (broad SMARTS) is 1. The lowest BCUT2D eigenvalue weighted by Crippen LogP contribution is -2.27. The Hall–Kier alpha value is -3.03. The van der Waals surface area contributed by atoms with E-state index in [1.165, 1.54) is 0 Å². The summed E-state index contributed by atoms with van der Waals surface area (Å²) < 4.78 is 5.22. The van der Waals surface area contributed by atoms with Gasteiger partial charge in [-0.1, -0.05) is 0 Å². The lowest BCUT2D eigenvalue weighted by atomic mass is 10.2. The van der Waals surface area contributed by atoms with Crippen LogP contribution in [0.5, 0.6) is 5.75 Å². The van der Waals surface area contributed by atoms with Gasteiger partial charge in [-0.05, 0) is 31.0 Å². The van der Waals surface area contributed by atoms with Gasteiger partial charge in [0, 0.05) is 35.6 Å². The number of hydrazone groups is 1. The summed E-state index contributed by atoms with van der Waals surface area (Å²) in [5.74, 6) is 0.163. The van der Waals surface area contributed by atoms with Crippen LogP contribution in [0.15, 0.2) is 34.5 Å². The third-order valence-electron chi connectivity index (χ3n) is 3.38. The highest BCUT2D eigenvalue weighted by Crippen LogP contribution is 2.22. The van der Waals surface area contributed by atoms with Gasteiger partial charge < -0.3 is 20.6 Å². The van der Waals surface area contributed by atoms with Gasteiger partial charge in [0.15, 0.2) is 0 Å². The van der Waals surface area contributed by atoms with E-state index in [9.17, 15) is 4.79 Å². The molecule has 0 spiro atoms. The fourth-order valence-corrected chi connectivity index (χ4v) is 2.15. The van der Waals surface area contributed by atoms with E-state index in [4.69, 9.17) is 15.6 Å². The third-order valence-corrected chi connectivity index (χ3v) is 3.38. The molecular weight excluding hydrogens is 310 g/mol. The van der Waals surface area contributed by atoms with Gasteiger partial charge in [0.05, 0.1) is 13.3 Å². The summed E-state index contributed by atoms with van der Waals surface area (Å²) in [6.07, 6.45) is 4.87. The number of ether oxygens (including phenoxy) is 1. The number of aromatic nitrogens is 1. The summed E-state index contributed by atoms with van der Waals surface area (Å²) in [5.41, 5.74) is 10.2. The van der Waals surface area contributed by atoms with Gasteiger partial charge in [-0.2, -0.15) is 5.10 Å². The predicted octanol–water partition coefficient (Wildman–Crippen LogP) is 1.67. The molecule has 8 heteroatoms. The van der Waals surface area contributed by atoms with Crippen molar-refractivity contribution in [3.05, 3.63) is 30.0 Å². The smallest absolute Gasteiger partial charge is 0.303 e. The molecule has 0 radical (unpaired) electrons. The monoisotopic (exact) mass is 331 g/mol. The normalized spacial score (nSPS) is 12.0. The van der Waals surface area contributed by atoms with Crippen LogP contribution in [-0.4, -0.2) is 41.9 Å². The molecule has 1 aromatic heterocycles. The minimum atomic E-state index is -0.801. The Balaban J connectivity index is 1.88. The molecule has 24 heavy (non-hydrogen) atoms. The minimum Gasteiger partial charge on any atom is -0.497 e. The third kappa shape index (κ3) is 5.01. The van der Waals surface area contributed by atoms with Crippen LogP contribution in [0.25, 0.3) is 10.9 Å². The number of unbranched alkanes of at least 4 members (excludes halogenated alkanes) is 1. The van der Waals surface area contributed by atoms with Gasteiger partial charge in [-0.25, -0.2) is 5.43 Å². The van der Waals surface area contributed by atoms with Crippen LogP contribution < -0.4 is 15.9 Å². The number of aliphatic carboxylic acids is 1. The SMILES string of the molecule is COc1ccc2[nH]cc(C=NNC(N)=NCCCCC(=O)O)c2c1. The molecule has 128 valence electrons. The van der Waals surface area contributed by atoms with Crippen molar-refractivity contribution in [1.82, 2.24) is 10.4 Å². The first-order valence-corrected chi connectivity index (χ1v) is 7.56. The maximum atomic E-state index is 10.4. The lowest BCUT2D eigenvalue weighted by Gasteiger charge is -2.00. The summed E-state index contributed by atoms with van der Waals surface area (Å²) in [4.78, 5) is 17.6. The van der Waals surface area contributed by atoms with Crippen molar-refractivity contribution in [3.8, 4) is 5.75 Å². The highest BCUT2D eigenvalue weighted by molar-refractivity contribution is 5.99. The summed E-state index contributed by atoms with van der Waals surface area (Å²) in [5, 5.41) is 13.6. The van der Waals surface area contributed by atoms with Crippen molar-refractivity contribution in [2.24, 2.45) is 15.8 Å². The van der Waals surface area contributed by atoms with E-state index >= 15 is 0 Å². The van der Waals surface area contributed by atoms with E-state index in [1.807, 2.05) is 24.4 Å². The Labute approximate surface area is 139 Å². The van der Waals surface area contributed by atoms with Crippen molar-refractivity contribution < 1.29 is 14.6 Å². The summed E-state index contributed by atoms with van der Waals surface area (Å²) in [6.45, 7) is 0.464. The minimum absolute atomic E-state index is 0.144. The highest BCUT2D eigenvalue weighted by Gasteiger charge is 2.03. The average Bonchev–Trinajstić information content (AvgIpc) is 2.96. The highest BCUT2D eigenvalue weighted by atomic mass is 16.5. The molecule has 0 amide bonds. The van der Waals surface area contributed by atoms with Crippen LogP contribution in [0.1, 0.15) is 24.8 Å². The molecule has 0 atom stereocenters. The van der Waals surface area contributed by atoms with Gasteiger partial charge in [-0.3, -0.25) is 9.79 Å². The van der Waals surface area contributed by atoms with Crippen molar-refractivity contribution >= 4 is 29.0 Å². The van der Waals surface area contributed by atoms with E-state index in [1.54, 1.807) is 13.3 Å². The van der Waals surface area contributed by atoms with Crippen molar-refractivity contribution in [2.75, 3.05) is 13.7 Å². The fourth-order valence-electron chi connectivity index (χ4n) is 2.15. The van der Waals surface area contributed by atoms with Crippen molar-refractivity contribution in [2.45, 2.75) is 19.3 Å². The van der Waals surface area contributed by atoms with E-state index in [-0.39, 0.29) is 12.4 Å². The number of H-pyrrole nitrogens is 1. The molecule has 2 aromatic rings. The maximum Gasteiger partial charge on any atom is 0.303 e. The molecule has 0 aliphatic carbocycles. The number of nitrogens with zero attached hydrogens (tertiary/aromatic N) is 2. The first-order valence-electron chi connectivity index (χ1n) is 7.56. The Morgan fingerprint density at radius 2 is 2.29 bits per heavy atom. The molecule has 0 saturated heterocycles. The number of hydrogen-bond acceptors (Lipinski definition) is 4. The lowest BCUT2D eigenvalue weighted by molar-refractivity contribution is -0.137. The molecule has 0 aliphatic rings. The zero-order valence-corrected chi connectivity index (χ0v) is 13.5. The van der Waals surface area contributed by atoms with Gasteiger partial charge in [-0.15, -0.1) is 0 Å². The van der Waals surface area contributed by atoms with E-state index in [0.29, 0.717) is 19.4 Å². The molecule has 0 bridgehead atoms. The van der Waals surface area contributed by atoms with Crippen LogP contribution in [0.3, 0.4) is 0 Å². The van der Waals surface area contributed by atoms with Gasteiger partial charge in [0.2, 0.25) is 5.96 Å². The Morgan fingerprint density at radius 1 is 1.46 bits per heavy atom. The van der Waals surface area contributed by atoms with Crippen LogP contribution >= 0.6 is 0 Å². The number of fused-ring (bicyclic) bond motifs is 1. The molecule has 1 aromatic carbocycles. The second-order valence-electron chi connectivity index (χ2n) is 5.14. The number of aromatic amines is 1. The molecule has 0 aliphatic heterocycles. The molecule has 1 heterocycles. The zero-order valence-electron chi connectivity index (χ0n) is 13.5. The average molecular weight is 331 g/mol. The number of aliphatic imine (C=N–C) groups is 1. The first kappa shape index (κ1) is 17.3. The van der Waals surface area contributed by atoms with Gasteiger partial charge in [0.1, 0.15) is 5.75 Å². The van der Waals surface area contributed by atoms with Crippen LogP contribution in [0.4, 0.5) is 0 Å². The Kier molecular flexibility index (Phi) is 6.18. The summed E-state index contributed by atoms with van der Waals surface area (Å²) in [7, 11) is 1.62. The number of nitrogens with two attached hydrogens (primary N) is 1. The van der Waals surface area contributed by atoms with E-state index < -0.39 is 5.97 Å². The van der Waals surface area contributed by atoms with Gasteiger partial charge in [0.25, 0.3) is 0 Å². The predicted molar refractivity (Wildman–Crippen MR) is 93.6 cm³/mol. The van der Waals surface area contributed by atoms with Crippen molar-refractivity contribution in [3.63, 3.8) is 0 Å². The Bertz CT molecular complexity index is 751. The van der Waals surface area contributed by atoms with E-state index in [2.05, 4.69) is 20.5 Å². The number of carboxylic acids is 1. The van der Waals surface area contributed by atoms with Crippen LogP contribution in [-0.2, 0) is 4.79 Å². The number of hydrogen-bond donors (Lipinski definition) is 4. The molecule has 0 fully saturated rings. The van der Waals surface area contributed by atoms with Crippen molar-refractivity contribution in [1.29, 1.82) is 0 Å². The zero-order chi connectivity index (χ0) is 17.4. The molecule has 0 unspecified atom stereocenters. The van der Waals surface area contributed by atoms with Crippen LogP contribution in [0, 0.1) is 0 Å². The number of methoxy groups -OCH3 is 1. The largest absolute Gasteiger partial charge is 0.497 e. The van der Waals surface area contributed by atoms with E-state index in [0.717, 1.165) is 22.2 Å². The number of rotatable bonds is 8. The molecule has 2 rings (SSSR count). The summed E-state index contributed by atoms with van der Waals surface area (Å²) >= 11 is 0. The maximum absolute atomic E-state index is 10.4. The quantitative estimate of drug-likeness (QED) is 0.253. The molecule has 0 saturated carbocycles. The Morgan fingerprint density at radius 3 is 3.04 bits per heavy atom. The number of carbonyl (C=O) groups is 1. The number of guanidine groups is 1. The second-order valence-corrected chi connectivity index (χ2v) is 5.14. The molecular formula is C16H21N5O3. The molecule has 5 N–H and O–H groups in total. The topological polar surface area (TPSA) is 125 Å².